The van der Waals surface area contributed by atoms with E-state index in [1.165, 1.54) is 12.1 Å². The van der Waals surface area contributed by atoms with Crippen molar-refractivity contribution in [3.05, 3.63) is 28.5 Å². The average molecular weight is 313 g/mol. The number of pyridine rings is 1. The van der Waals surface area contributed by atoms with Crippen LogP contribution in [0.15, 0.2) is 22.8 Å². The van der Waals surface area contributed by atoms with Gasteiger partial charge in [0.05, 0.1) is 6.54 Å². The van der Waals surface area contributed by atoms with Gasteiger partial charge in [-0.05, 0) is 28.1 Å². The van der Waals surface area contributed by atoms with E-state index in [2.05, 4.69) is 20.9 Å². The molecule has 0 fully saturated rings. The van der Waals surface area contributed by atoms with E-state index in [1.54, 1.807) is 6.07 Å². The molecule has 17 heavy (non-hydrogen) atoms. The minimum atomic E-state index is -4.75. The maximum Gasteiger partial charge on any atom is 0.416 e. The molecule has 0 spiro atoms. The molecule has 1 aromatic rings. The molecule has 0 aromatic carbocycles. The van der Waals surface area contributed by atoms with E-state index in [-0.39, 0.29) is 5.69 Å². The first-order valence-electron chi connectivity index (χ1n) is 4.46. The van der Waals surface area contributed by atoms with Crippen LogP contribution < -0.4 is 5.32 Å². The molecular weight excluding hydrogens is 305 g/mol. The number of nitrogens with one attached hydrogen (secondary N) is 1. The Bertz CT molecular complexity index is 411. The average Bonchev–Trinajstić information content (AvgIpc) is 2.24. The maximum absolute atomic E-state index is 11.9. The molecule has 1 atom stereocenters. The molecule has 0 aliphatic rings. The monoisotopic (exact) mass is 312 g/mol. The molecule has 0 aliphatic heterocycles. The summed E-state index contributed by atoms with van der Waals surface area (Å²) in [5.41, 5.74) is -0.0336. The first kappa shape index (κ1) is 13.9. The number of rotatable bonds is 3. The van der Waals surface area contributed by atoms with Gasteiger partial charge in [0.15, 0.2) is 6.10 Å². The molecule has 0 radical (unpaired) electrons. The SMILES string of the molecule is O=C(NCC(O)C(F)(F)F)c1cccc(Br)n1. The summed E-state index contributed by atoms with van der Waals surface area (Å²) in [5.74, 6) is -0.783. The van der Waals surface area contributed by atoms with E-state index < -0.39 is 24.7 Å². The van der Waals surface area contributed by atoms with Crippen molar-refractivity contribution >= 4 is 21.8 Å². The van der Waals surface area contributed by atoms with Gasteiger partial charge in [-0.3, -0.25) is 4.79 Å². The van der Waals surface area contributed by atoms with Crippen molar-refractivity contribution in [1.29, 1.82) is 0 Å². The predicted molar refractivity (Wildman–Crippen MR) is 56.3 cm³/mol. The van der Waals surface area contributed by atoms with E-state index in [9.17, 15) is 18.0 Å². The Morgan fingerprint density at radius 1 is 1.53 bits per heavy atom. The van der Waals surface area contributed by atoms with Crippen LogP contribution in [-0.2, 0) is 0 Å². The number of nitrogens with zero attached hydrogens (tertiary/aromatic N) is 1. The highest BCUT2D eigenvalue weighted by molar-refractivity contribution is 9.10. The van der Waals surface area contributed by atoms with Crippen molar-refractivity contribution < 1.29 is 23.1 Å². The summed E-state index contributed by atoms with van der Waals surface area (Å²) in [6.07, 6.45) is -7.34. The van der Waals surface area contributed by atoms with Crippen LogP contribution in [0.25, 0.3) is 0 Å². The number of carbonyl (C=O) groups is 1. The number of aliphatic hydroxyl groups is 1. The second-order valence-electron chi connectivity index (χ2n) is 3.11. The van der Waals surface area contributed by atoms with Crippen LogP contribution in [0.1, 0.15) is 10.5 Å². The molecule has 94 valence electrons. The minimum absolute atomic E-state index is 0.0336. The molecule has 4 nitrogen and oxygen atoms in total. The summed E-state index contributed by atoms with van der Waals surface area (Å²) < 4.78 is 36.2. The number of alkyl halides is 3. The number of halogens is 4. The zero-order chi connectivity index (χ0) is 13.1. The summed E-state index contributed by atoms with van der Waals surface area (Å²) in [6.45, 7) is -0.906. The largest absolute Gasteiger partial charge is 0.416 e. The molecule has 1 rings (SSSR count). The number of aliphatic hydroxyl groups excluding tert-OH is 1. The highest BCUT2D eigenvalue weighted by Gasteiger charge is 2.38. The van der Waals surface area contributed by atoms with Crippen molar-refractivity contribution in [2.75, 3.05) is 6.54 Å². The smallest absolute Gasteiger partial charge is 0.382 e. The van der Waals surface area contributed by atoms with Gasteiger partial charge >= 0.3 is 6.18 Å². The first-order chi connectivity index (χ1) is 7.80. The van der Waals surface area contributed by atoms with Crippen LogP contribution in [0.2, 0.25) is 0 Å². The molecule has 1 heterocycles. The van der Waals surface area contributed by atoms with Crippen LogP contribution in [0.4, 0.5) is 13.2 Å². The first-order valence-corrected chi connectivity index (χ1v) is 5.25. The van der Waals surface area contributed by atoms with Gasteiger partial charge in [-0.15, -0.1) is 0 Å². The van der Waals surface area contributed by atoms with E-state index >= 15 is 0 Å². The van der Waals surface area contributed by atoms with Gasteiger partial charge in [0.2, 0.25) is 0 Å². The topological polar surface area (TPSA) is 62.2 Å². The second-order valence-corrected chi connectivity index (χ2v) is 3.93. The highest BCUT2D eigenvalue weighted by Crippen LogP contribution is 2.19. The number of aromatic nitrogens is 1. The number of hydrogen-bond acceptors (Lipinski definition) is 3. The third-order valence-corrected chi connectivity index (χ3v) is 2.22. The summed E-state index contributed by atoms with van der Waals surface area (Å²) in [5, 5.41) is 10.6. The second kappa shape index (κ2) is 5.46. The van der Waals surface area contributed by atoms with Gasteiger partial charge < -0.3 is 10.4 Å². The summed E-state index contributed by atoms with van der Waals surface area (Å²) in [4.78, 5) is 15.1. The molecule has 2 N–H and O–H groups in total. The van der Waals surface area contributed by atoms with Crippen molar-refractivity contribution in [2.45, 2.75) is 12.3 Å². The van der Waals surface area contributed by atoms with Crippen molar-refractivity contribution in [1.82, 2.24) is 10.3 Å². The van der Waals surface area contributed by atoms with Crippen LogP contribution in [-0.4, -0.2) is 34.8 Å². The fraction of sp³-hybridized carbons (Fsp3) is 0.333. The third kappa shape index (κ3) is 4.31. The molecule has 0 bridgehead atoms. The molecule has 1 unspecified atom stereocenters. The van der Waals surface area contributed by atoms with Gasteiger partial charge in [0.1, 0.15) is 10.3 Å². The lowest BCUT2D eigenvalue weighted by Crippen LogP contribution is -2.40. The molecule has 1 amide bonds. The maximum atomic E-state index is 11.9. The van der Waals surface area contributed by atoms with E-state index in [0.29, 0.717) is 4.60 Å². The standard InChI is InChI=1S/C9H8BrF3N2O2/c10-7-3-1-2-5(15-7)8(17)14-4-6(16)9(11,12)13/h1-3,6,16H,4H2,(H,14,17). The summed E-state index contributed by atoms with van der Waals surface area (Å²) in [7, 11) is 0. The normalized spacial score (nSPS) is 13.2. The quantitative estimate of drug-likeness (QED) is 0.831. The Labute approximate surface area is 103 Å². The molecule has 0 saturated heterocycles. The van der Waals surface area contributed by atoms with Gasteiger partial charge in [-0.25, -0.2) is 4.98 Å². The number of amides is 1. The van der Waals surface area contributed by atoms with Crippen molar-refractivity contribution in [3.8, 4) is 0 Å². The summed E-state index contributed by atoms with van der Waals surface area (Å²) >= 11 is 3.02. The predicted octanol–water partition coefficient (Wildman–Crippen LogP) is 1.50. The lowest BCUT2D eigenvalue weighted by atomic mass is 10.3. The molecule has 0 aliphatic carbocycles. The Morgan fingerprint density at radius 2 is 2.18 bits per heavy atom. The Balaban J connectivity index is 2.57. The zero-order valence-electron chi connectivity index (χ0n) is 8.33. The Kier molecular flexibility index (Phi) is 4.47. The van der Waals surface area contributed by atoms with Gasteiger partial charge in [-0.1, -0.05) is 6.07 Å². The van der Waals surface area contributed by atoms with Crippen LogP contribution in [0.3, 0.4) is 0 Å². The molecular formula is C9H8BrF3N2O2. The minimum Gasteiger partial charge on any atom is -0.382 e. The molecule has 0 saturated carbocycles. The highest BCUT2D eigenvalue weighted by atomic mass is 79.9. The van der Waals surface area contributed by atoms with E-state index in [4.69, 9.17) is 5.11 Å². The van der Waals surface area contributed by atoms with E-state index in [0.717, 1.165) is 0 Å². The Morgan fingerprint density at radius 3 is 2.71 bits per heavy atom. The molecule has 1 aromatic heterocycles. The van der Waals surface area contributed by atoms with Gasteiger partial charge in [-0.2, -0.15) is 13.2 Å². The fourth-order valence-corrected chi connectivity index (χ4v) is 1.27. The van der Waals surface area contributed by atoms with Gasteiger partial charge in [0, 0.05) is 0 Å². The fourth-order valence-electron chi connectivity index (χ4n) is 0.930. The molecule has 8 heteroatoms. The van der Waals surface area contributed by atoms with Gasteiger partial charge in [0.25, 0.3) is 5.91 Å². The third-order valence-electron chi connectivity index (χ3n) is 1.78. The summed E-state index contributed by atoms with van der Waals surface area (Å²) in [6, 6.07) is 4.44. The van der Waals surface area contributed by atoms with Crippen LogP contribution >= 0.6 is 15.9 Å². The number of hydrogen-bond donors (Lipinski definition) is 2. The van der Waals surface area contributed by atoms with Crippen molar-refractivity contribution in [3.63, 3.8) is 0 Å². The Hall–Kier alpha value is -1.15. The lowest BCUT2D eigenvalue weighted by Gasteiger charge is -2.14. The van der Waals surface area contributed by atoms with Crippen molar-refractivity contribution in [2.24, 2.45) is 0 Å². The zero-order valence-corrected chi connectivity index (χ0v) is 9.92. The van der Waals surface area contributed by atoms with E-state index in [1.807, 2.05) is 5.32 Å². The van der Waals surface area contributed by atoms with Crippen LogP contribution in [0.5, 0.6) is 0 Å². The lowest BCUT2D eigenvalue weighted by molar-refractivity contribution is -0.201. The number of carbonyl (C=O) groups excluding carboxylic acids is 1. The van der Waals surface area contributed by atoms with Crippen LogP contribution in [0, 0.1) is 0 Å².